The van der Waals surface area contributed by atoms with Gasteiger partial charge in [-0.1, -0.05) is 72.8 Å². The number of hydrogen-bond acceptors (Lipinski definition) is 9. The Kier molecular flexibility index (Phi) is 15.1. The largest absolute Gasteiger partial charge is 0.489 e. The lowest BCUT2D eigenvalue weighted by molar-refractivity contribution is -0.132. The van der Waals surface area contributed by atoms with Crippen LogP contribution >= 0.6 is 0 Å². The number of nitrogens with one attached hydrogen (secondary N) is 5. The third kappa shape index (κ3) is 14.4. The Bertz CT molecular complexity index is 1800. The Labute approximate surface area is 313 Å². The van der Waals surface area contributed by atoms with Crippen LogP contribution in [0.15, 0.2) is 97.5 Å². The number of amides is 5. The molecule has 5 amide bonds. The van der Waals surface area contributed by atoms with Crippen LogP contribution in [0.2, 0.25) is 0 Å². The van der Waals surface area contributed by atoms with E-state index in [4.69, 9.17) is 19.9 Å². The third-order valence-electron chi connectivity index (χ3n) is 7.73. The van der Waals surface area contributed by atoms with E-state index in [1.165, 1.54) is 12.5 Å². The molecule has 0 unspecified atom stereocenters. The number of ether oxygens (including phenoxy) is 3. The molecule has 1 aromatic heterocycles. The molecule has 54 heavy (non-hydrogen) atoms. The molecule has 0 bridgehead atoms. The zero-order valence-corrected chi connectivity index (χ0v) is 30.5. The van der Waals surface area contributed by atoms with E-state index in [1.54, 1.807) is 45.0 Å². The van der Waals surface area contributed by atoms with E-state index < -0.39 is 60.0 Å². The molecular formula is C39H47N7O8. The van der Waals surface area contributed by atoms with Gasteiger partial charge in [-0.25, -0.2) is 9.78 Å². The summed E-state index contributed by atoms with van der Waals surface area (Å²) in [7, 11) is 0. The Balaban J connectivity index is 1.47. The third-order valence-corrected chi connectivity index (χ3v) is 7.73. The van der Waals surface area contributed by atoms with Gasteiger partial charge in [0.2, 0.25) is 23.6 Å². The molecule has 4 aromatic rings. The van der Waals surface area contributed by atoms with Crippen molar-refractivity contribution in [3.63, 3.8) is 0 Å². The Morgan fingerprint density at radius 3 is 1.98 bits per heavy atom. The number of aromatic nitrogens is 2. The monoisotopic (exact) mass is 741 g/mol. The molecule has 0 aliphatic carbocycles. The Hall–Kier alpha value is -6.22. The highest BCUT2D eigenvalue weighted by Crippen LogP contribution is 2.16. The van der Waals surface area contributed by atoms with E-state index in [-0.39, 0.29) is 26.1 Å². The van der Waals surface area contributed by atoms with Crippen molar-refractivity contribution in [3.8, 4) is 5.75 Å². The molecule has 4 rings (SSSR count). The number of aromatic amines is 1. The van der Waals surface area contributed by atoms with Gasteiger partial charge in [-0.3, -0.25) is 19.2 Å². The van der Waals surface area contributed by atoms with Gasteiger partial charge < -0.3 is 46.2 Å². The molecule has 3 atom stereocenters. The first-order valence-electron chi connectivity index (χ1n) is 17.4. The van der Waals surface area contributed by atoms with Crippen LogP contribution in [-0.4, -0.2) is 76.6 Å². The summed E-state index contributed by atoms with van der Waals surface area (Å²) >= 11 is 0. The van der Waals surface area contributed by atoms with Gasteiger partial charge in [-0.05, 0) is 49.6 Å². The minimum Gasteiger partial charge on any atom is -0.489 e. The van der Waals surface area contributed by atoms with E-state index in [0.717, 1.165) is 11.1 Å². The predicted molar refractivity (Wildman–Crippen MR) is 199 cm³/mol. The second kappa shape index (κ2) is 20.1. The highest BCUT2D eigenvalue weighted by molar-refractivity contribution is 5.94. The van der Waals surface area contributed by atoms with Crippen molar-refractivity contribution < 1.29 is 38.2 Å². The molecular weight excluding hydrogens is 694 g/mol. The molecule has 0 radical (unpaired) electrons. The maximum atomic E-state index is 13.8. The highest BCUT2D eigenvalue weighted by atomic mass is 16.6. The van der Waals surface area contributed by atoms with Gasteiger partial charge in [0, 0.05) is 24.7 Å². The lowest BCUT2D eigenvalue weighted by atomic mass is 10.0. The first kappa shape index (κ1) is 40.5. The number of primary amides is 1. The summed E-state index contributed by atoms with van der Waals surface area (Å²) in [6, 6.07) is 22.4. The lowest BCUT2D eigenvalue weighted by Gasteiger charge is -2.25. The van der Waals surface area contributed by atoms with Crippen molar-refractivity contribution in [2.75, 3.05) is 13.2 Å². The second-order valence-corrected chi connectivity index (χ2v) is 13.4. The summed E-state index contributed by atoms with van der Waals surface area (Å²) in [5, 5.41) is 10.3. The molecule has 0 saturated heterocycles. The standard InChI is InChI=1S/C39H47N7O8/c1-39(2,3)54-38(51)46-33(24-52-22-27-10-6-4-7-11-27)37(50)45-32(18-26-14-16-30(17-15-26)53-23-28-12-8-5-9-13-28)36(49)42-21-34(47)44-31(35(40)48)19-29-20-41-25-43-29/h4-17,20,25,31-33H,18-19,21-24H2,1-3H3,(H2,40,48)(H,41,43)(H,42,49)(H,44,47)(H,45,50)(H,46,51)/t31-,32-,33-/m1/s1. The number of benzene rings is 3. The van der Waals surface area contributed by atoms with Crippen molar-refractivity contribution >= 4 is 29.7 Å². The molecule has 15 heteroatoms. The summed E-state index contributed by atoms with van der Waals surface area (Å²) in [5.41, 5.74) is 7.73. The van der Waals surface area contributed by atoms with Gasteiger partial charge in [0.05, 0.1) is 26.1 Å². The Morgan fingerprint density at radius 2 is 1.39 bits per heavy atom. The molecule has 0 fully saturated rings. The van der Waals surface area contributed by atoms with Crippen LogP contribution in [0, 0.1) is 0 Å². The van der Waals surface area contributed by atoms with Gasteiger partial charge in [0.25, 0.3) is 0 Å². The molecule has 0 spiro atoms. The van der Waals surface area contributed by atoms with Crippen LogP contribution in [0.5, 0.6) is 5.75 Å². The zero-order chi connectivity index (χ0) is 38.9. The number of H-pyrrole nitrogens is 1. The maximum absolute atomic E-state index is 13.8. The average molecular weight is 742 g/mol. The van der Waals surface area contributed by atoms with Crippen molar-refractivity contribution in [2.45, 2.75) is 70.6 Å². The fraction of sp³-hybridized carbons (Fsp3) is 0.333. The van der Waals surface area contributed by atoms with E-state index >= 15 is 0 Å². The van der Waals surface area contributed by atoms with Crippen molar-refractivity contribution in [2.24, 2.45) is 5.73 Å². The first-order chi connectivity index (χ1) is 25.8. The van der Waals surface area contributed by atoms with Crippen molar-refractivity contribution in [1.82, 2.24) is 31.2 Å². The normalized spacial score (nSPS) is 12.7. The molecule has 0 aliphatic heterocycles. The van der Waals surface area contributed by atoms with Gasteiger partial charge in [0.15, 0.2) is 0 Å². The number of nitrogens with zero attached hydrogens (tertiary/aromatic N) is 1. The number of imidazole rings is 1. The fourth-order valence-electron chi connectivity index (χ4n) is 5.06. The number of carbonyl (C=O) groups excluding carboxylic acids is 5. The number of rotatable bonds is 19. The van der Waals surface area contributed by atoms with E-state index in [0.29, 0.717) is 23.6 Å². The molecule has 0 saturated carbocycles. The van der Waals surface area contributed by atoms with Gasteiger partial charge in [0.1, 0.15) is 36.1 Å². The van der Waals surface area contributed by atoms with Gasteiger partial charge >= 0.3 is 6.09 Å². The average Bonchev–Trinajstić information content (AvgIpc) is 3.66. The Morgan fingerprint density at radius 1 is 0.741 bits per heavy atom. The second-order valence-electron chi connectivity index (χ2n) is 13.4. The molecule has 286 valence electrons. The first-order valence-corrected chi connectivity index (χ1v) is 17.4. The van der Waals surface area contributed by atoms with E-state index in [2.05, 4.69) is 31.2 Å². The predicted octanol–water partition coefficient (Wildman–Crippen LogP) is 2.46. The lowest BCUT2D eigenvalue weighted by Crippen LogP contribution is -2.57. The summed E-state index contributed by atoms with van der Waals surface area (Å²) in [4.78, 5) is 71.8. The van der Waals surface area contributed by atoms with Crippen molar-refractivity contribution in [1.29, 1.82) is 0 Å². The van der Waals surface area contributed by atoms with Crippen LogP contribution in [-0.2, 0) is 54.7 Å². The number of hydrogen-bond donors (Lipinski definition) is 6. The quantitative estimate of drug-likeness (QED) is 0.0831. The number of nitrogens with two attached hydrogens (primary N) is 1. The van der Waals surface area contributed by atoms with E-state index in [1.807, 2.05) is 60.7 Å². The topological polar surface area (TPSA) is 216 Å². The summed E-state index contributed by atoms with van der Waals surface area (Å²) < 4.78 is 17.1. The molecule has 0 aliphatic rings. The fourth-order valence-corrected chi connectivity index (χ4v) is 5.06. The molecule has 15 nitrogen and oxygen atoms in total. The number of alkyl carbamates (subject to hydrolysis) is 1. The minimum absolute atomic E-state index is 0.00588. The van der Waals surface area contributed by atoms with E-state index in [9.17, 15) is 24.0 Å². The SMILES string of the molecule is CC(C)(C)OC(=O)N[C@H](COCc1ccccc1)C(=O)N[C@H](Cc1ccc(OCc2ccccc2)cc1)C(=O)NCC(=O)N[C@H](Cc1cnc[nH]1)C(N)=O. The highest BCUT2D eigenvalue weighted by Gasteiger charge is 2.30. The van der Waals surface area contributed by atoms with Gasteiger partial charge in [-0.15, -0.1) is 0 Å². The summed E-state index contributed by atoms with van der Waals surface area (Å²) in [5.74, 6) is -2.29. The van der Waals surface area contributed by atoms with Crippen LogP contribution in [0.1, 0.15) is 43.2 Å². The summed E-state index contributed by atoms with van der Waals surface area (Å²) in [6.45, 7) is 4.81. The van der Waals surface area contributed by atoms with Gasteiger partial charge in [-0.2, -0.15) is 0 Å². The van der Waals surface area contributed by atoms with Crippen LogP contribution in [0.25, 0.3) is 0 Å². The minimum atomic E-state index is -1.25. The zero-order valence-electron chi connectivity index (χ0n) is 30.5. The maximum Gasteiger partial charge on any atom is 0.408 e. The molecule has 1 heterocycles. The molecule has 3 aromatic carbocycles. The summed E-state index contributed by atoms with van der Waals surface area (Å²) in [6.07, 6.45) is 2.15. The van der Waals surface area contributed by atoms with Crippen LogP contribution < -0.4 is 31.7 Å². The van der Waals surface area contributed by atoms with Crippen LogP contribution in [0.3, 0.4) is 0 Å². The number of carbonyl (C=O) groups is 5. The molecule has 7 N–H and O–H groups in total. The smallest absolute Gasteiger partial charge is 0.408 e. The van der Waals surface area contributed by atoms with Crippen molar-refractivity contribution in [3.05, 3.63) is 120 Å². The van der Waals surface area contributed by atoms with Crippen LogP contribution in [0.4, 0.5) is 4.79 Å².